The Kier molecular flexibility index (Phi) is 4.07. The molecular formula is C15H19N3O2S. The predicted molar refractivity (Wildman–Crippen MR) is 84.4 cm³/mol. The highest BCUT2D eigenvalue weighted by molar-refractivity contribution is 7.21. The molecule has 5 nitrogen and oxygen atoms in total. The number of thiophene rings is 1. The monoisotopic (exact) mass is 305 g/mol. The van der Waals surface area contributed by atoms with E-state index in [1.165, 1.54) is 11.3 Å². The summed E-state index contributed by atoms with van der Waals surface area (Å²) in [5.41, 5.74) is 6.66. The summed E-state index contributed by atoms with van der Waals surface area (Å²) in [4.78, 5) is 20.2. The van der Waals surface area contributed by atoms with E-state index >= 15 is 0 Å². The van der Waals surface area contributed by atoms with Crippen molar-refractivity contribution in [1.82, 2.24) is 9.88 Å². The number of piperidine rings is 1. The van der Waals surface area contributed by atoms with Gasteiger partial charge in [0.05, 0.1) is 5.69 Å². The summed E-state index contributed by atoms with van der Waals surface area (Å²) in [6.07, 6.45) is 4.53. The van der Waals surface area contributed by atoms with Crippen molar-refractivity contribution in [3.05, 3.63) is 23.2 Å². The van der Waals surface area contributed by atoms with Crippen molar-refractivity contribution in [3.63, 3.8) is 0 Å². The van der Waals surface area contributed by atoms with E-state index in [1.54, 1.807) is 6.20 Å². The van der Waals surface area contributed by atoms with Crippen molar-refractivity contribution in [2.24, 2.45) is 5.92 Å². The minimum Gasteiger partial charge on any atom is -0.397 e. The Morgan fingerprint density at radius 3 is 3.19 bits per heavy atom. The molecule has 2 aromatic rings. The highest BCUT2D eigenvalue weighted by atomic mass is 32.1. The van der Waals surface area contributed by atoms with Crippen molar-refractivity contribution in [2.75, 3.05) is 25.4 Å². The maximum absolute atomic E-state index is 12.7. The molecule has 1 saturated heterocycles. The highest BCUT2D eigenvalue weighted by Gasteiger charge is 2.27. The zero-order chi connectivity index (χ0) is 14.8. The molecule has 0 spiro atoms. The number of nitrogen functional groups attached to an aromatic ring is 1. The van der Waals surface area contributed by atoms with E-state index in [1.807, 2.05) is 17.0 Å². The second kappa shape index (κ2) is 5.99. The van der Waals surface area contributed by atoms with E-state index in [9.17, 15) is 4.79 Å². The number of carbonyl (C=O) groups excluding carboxylic acids is 1. The Balaban J connectivity index is 1.84. The Morgan fingerprint density at radius 1 is 1.57 bits per heavy atom. The maximum Gasteiger partial charge on any atom is 0.266 e. The molecule has 3 rings (SSSR count). The minimum absolute atomic E-state index is 0.00172. The number of fused-ring (bicyclic) bond motifs is 1. The largest absolute Gasteiger partial charge is 0.397 e. The number of likely N-dealkylation sites (tertiary alicyclic amines) is 1. The van der Waals surface area contributed by atoms with Crippen LogP contribution in [-0.4, -0.2) is 40.6 Å². The van der Waals surface area contributed by atoms with E-state index in [0.717, 1.165) is 36.0 Å². The van der Waals surface area contributed by atoms with Crippen LogP contribution in [0.15, 0.2) is 18.3 Å². The summed E-state index contributed by atoms with van der Waals surface area (Å²) in [7, 11) is 0. The number of aromatic nitrogens is 1. The van der Waals surface area contributed by atoms with Gasteiger partial charge in [-0.15, -0.1) is 11.3 Å². The number of nitrogens with zero attached hydrogens (tertiary/aromatic N) is 2. The molecular weight excluding hydrogens is 286 g/mol. The number of hydrogen-bond acceptors (Lipinski definition) is 5. The van der Waals surface area contributed by atoms with Gasteiger partial charge in [0, 0.05) is 31.3 Å². The summed E-state index contributed by atoms with van der Waals surface area (Å²) in [6.45, 7) is 1.66. The zero-order valence-corrected chi connectivity index (χ0v) is 12.6. The van der Waals surface area contributed by atoms with Crippen LogP contribution in [0.5, 0.6) is 0 Å². The van der Waals surface area contributed by atoms with Gasteiger partial charge in [-0.2, -0.15) is 0 Å². The van der Waals surface area contributed by atoms with Gasteiger partial charge in [-0.05, 0) is 37.3 Å². The molecule has 1 atom stereocenters. The Morgan fingerprint density at radius 2 is 2.43 bits per heavy atom. The van der Waals surface area contributed by atoms with E-state index < -0.39 is 0 Å². The average molecular weight is 305 g/mol. The third kappa shape index (κ3) is 2.73. The van der Waals surface area contributed by atoms with Gasteiger partial charge in [0.2, 0.25) is 0 Å². The first kappa shape index (κ1) is 14.3. The van der Waals surface area contributed by atoms with Crippen LogP contribution in [0.1, 0.15) is 28.9 Å². The molecule has 3 heterocycles. The van der Waals surface area contributed by atoms with Crippen molar-refractivity contribution < 1.29 is 9.90 Å². The first-order valence-electron chi connectivity index (χ1n) is 7.24. The molecule has 112 valence electrons. The van der Waals surface area contributed by atoms with Gasteiger partial charge < -0.3 is 15.7 Å². The van der Waals surface area contributed by atoms with Crippen LogP contribution in [0.3, 0.4) is 0 Å². The van der Waals surface area contributed by atoms with Crippen LogP contribution in [-0.2, 0) is 0 Å². The number of anilines is 1. The number of carbonyl (C=O) groups is 1. The molecule has 2 aromatic heterocycles. The predicted octanol–water partition coefficient (Wildman–Crippen LogP) is 2.11. The van der Waals surface area contributed by atoms with E-state index in [4.69, 9.17) is 10.8 Å². The number of aliphatic hydroxyl groups is 1. The molecule has 6 heteroatoms. The lowest BCUT2D eigenvalue weighted by Crippen LogP contribution is -2.40. The fraction of sp³-hybridized carbons (Fsp3) is 0.467. The summed E-state index contributed by atoms with van der Waals surface area (Å²) < 4.78 is 0. The average Bonchev–Trinajstić information content (AvgIpc) is 2.85. The molecule has 1 amide bonds. The lowest BCUT2D eigenvalue weighted by molar-refractivity contribution is 0.0659. The summed E-state index contributed by atoms with van der Waals surface area (Å²) in [5, 5.41) is 9.93. The van der Waals surface area contributed by atoms with E-state index in [-0.39, 0.29) is 12.5 Å². The standard InChI is InChI=1S/C15H19N3O2S/c16-12-11-4-1-6-17-14(11)21-13(12)15(20)18-7-2-3-10(9-18)5-8-19/h1,4,6,10,19H,2-3,5,7-9,16H2. The zero-order valence-electron chi connectivity index (χ0n) is 11.8. The number of aliphatic hydroxyl groups excluding tert-OH is 1. The molecule has 1 fully saturated rings. The quantitative estimate of drug-likeness (QED) is 0.910. The fourth-order valence-corrected chi connectivity index (χ4v) is 3.95. The highest BCUT2D eigenvalue weighted by Crippen LogP contribution is 2.33. The van der Waals surface area contributed by atoms with Gasteiger partial charge >= 0.3 is 0 Å². The van der Waals surface area contributed by atoms with Crippen molar-refractivity contribution in [2.45, 2.75) is 19.3 Å². The van der Waals surface area contributed by atoms with Crippen LogP contribution in [0, 0.1) is 5.92 Å². The topological polar surface area (TPSA) is 79.5 Å². The molecule has 1 unspecified atom stereocenters. The van der Waals surface area contributed by atoms with Crippen LogP contribution in [0.2, 0.25) is 0 Å². The number of hydrogen-bond donors (Lipinski definition) is 2. The molecule has 0 bridgehead atoms. The van der Waals surface area contributed by atoms with Crippen LogP contribution >= 0.6 is 11.3 Å². The summed E-state index contributed by atoms with van der Waals surface area (Å²) in [6, 6.07) is 3.73. The summed E-state index contributed by atoms with van der Waals surface area (Å²) in [5.74, 6) is 0.388. The third-order valence-corrected chi connectivity index (χ3v) is 5.16. The fourth-order valence-electron chi connectivity index (χ4n) is 2.92. The van der Waals surface area contributed by atoms with Crippen LogP contribution in [0.4, 0.5) is 5.69 Å². The number of amides is 1. The maximum atomic E-state index is 12.7. The van der Waals surface area contributed by atoms with Gasteiger partial charge in [0.15, 0.2) is 0 Å². The second-order valence-electron chi connectivity index (χ2n) is 5.47. The van der Waals surface area contributed by atoms with Gasteiger partial charge in [-0.3, -0.25) is 4.79 Å². The van der Waals surface area contributed by atoms with Gasteiger partial charge in [0.25, 0.3) is 5.91 Å². The van der Waals surface area contributed by atoms with Gasteiger partial charge in [0.1, 0.15) is 9.71 Å². The first-order valence-corrected chi connectivity index (χ1v) is 8.05. The van der Waals surface area contributed by atoms with E-state index in [0.29, 0.717) is 23.0 Å². The smallest absolute Gasteiger partial charge is 0.266 e. The van der Waals surface area contributed by atoms with Crippen LogP contribution < -0.4 is 5.73 Å². The Bertz CT molecular complexity index is 653. The molecule has 0 radical (unpaired) electrons. The van der Waals surface area contributed by atoms with Crippen LogP contribution in [0.25, 0.3) is 10.2 Å². The molecule has 0 saturated carbocycles. The molecule has 1 aliphatic rings. The molecule has 3 N–H and O–H groups in total. The Labute approximate surface area is 127 Å². The van der Waals surface area contributed by atoms with Gasteiger partial charge in [-0.1, -0.05) is 0 Å². The number of rotatable bonds is 3. The van der Waals surface area contributed by atoms with Crippen molar-refractivity contribution in [1.29, 1.82) is 0 Å². The lowest BCUT2D eigenvalue weighted by atomic mass is 9.95. The lowest BCUT2D eigenvalue weighted by Gasteiger charge is -2.32. The molecule has 1 aliphatic heterocycles. The first-order chi connectivity index (χ1) is 10.2. The molecule has 0 aromatic carbocycles. The minimum atomic E-state index is -0.00172. The van der Waals surface area contributed by atoms with Crippen molar-refractivity contribution in [3.8, 4) is 0 Å². The van der Waals surface area contributed by atoms with E-state index in [2.05, 4.69) is 4.98 Å². The molecule has 0 aliphatic carbocycles. The molecule has 21 heavy (non-hydrogen) atoms. The second-order valence-corrected chi connectivity index (χ2v) is 6.47. The Hall–Kier alpha value is -1.66. The van der Waals surface area contributed by atoms with Crippen molar-refractivity contribution >= 4 is 33.1 Å². The number of pyridine rings is 1. The number of nitrogens with two attached hydrogens (primary N) is 1. The third-order valence-electron chi connectivity index (χ3n) is 4.04. The normalized spacial score (nSPS) is 19.1. The SMILES string of the molecule is Nc1c(C(=O)N2CCCC(CCO)C2)sc2ncccc12. The van der Waals surface area contributed by atoms with Gasteiger partial charge in [-0.25, -0.2) is 4.98 Å². The summed E-state index contributed by atoms with van der Waals surface area (Å²) >= 11 is 1.36.